The highest BCUT2D eigenvalue weighted by Crippen LogP contribution is 2.27. The van der Waals surface area contributed by atoms with Crippen molar-refractivity contribution in [2.75, 3.05) is 7.11 Å². The zero-order valence-electron chi connectivity index (χ0n) is 17.8. The van der Waals surface area contributed by atoms with Crippen LogP contribution in [0.1, 0.15) is 37.8 Å². The molecule has 0 bridgehead atoms. The van der Waals surface area contributed by atoms with E-state index in [9.17, 15) is 14.4 Å². The maximum atomic E-state index is 12.8. The summed E-state index contributed by atoms with van der Waals surface area (Å²) in [6.45, 7) is 1.72. The van der Waals surface area contributed by atoms with Crippen LogP contribution < -0.4 is 5.56 Å². The first-order chi connectivity index (χ1) is 15.9. The number of hydrogen-bond donors (Lipinski definition) is 1. The molecule has 4 aromatic rings. The highest BCUT2D eigenvalue weighted by molar-refractivity contribution is 8.00. The molecule has 0 saturated carbocycles. The van der Waals surface area contributed by atoms with Gasteiger partial charge < -0.3 is 14.5 Å². The lowest BCUT2D eigenvalue weighted by Crippen LogP contribution is -2.15. The molecule has 0 radical (unpaired) electrons. The first kappa shape index (κ1) is 22.7. The number of thioether (sulfide) groups is 1. The van der Waals surface area contributed by atoms with Gasteiger partial charge in [0.05, 0.1) is 29.1 Å². The molecule has 0 amide bonds. The number of aromatic amines is 1. The normalized spacial score (nSPS) is 10.8. The van der Waals surface area contributed by atoms with E-state index in [0.29, 0.717) is 22.2 Å². The van der Waals surface area contributed by atoms with Crippen LogP contribution in [-0.4, -0.2) is 34.0 Å². The van der Waals surface area contributed by atoms with Gasteiger partial charge >= 0.3 is 11.9 Å². The van der Waals surface area contributed by atoms with E-state index >= 15 is 0 Å². The summed E-state index contributed by atoms with van der Waals surface area (Å²) >= 11 is 3.11. The van der Waals surface area contributed by atoms with Crippen molar-refractivity contribution in [2.45, 2.75) is 23.6 Å². The molecule has 0 atom stereocenters. The lowest BCUT2D eigenvalue weighted by atomic mass is 10.1. The molecule has 0 aliphatic carbocycles. The summed E-state index contributed by atoms with van der Waals surface area (Å²) in [4.78, 5) is 48.3. The van der Waals surface area contributed by atoms with Crippen LogP contribution in [0.4, 0.5) is 0 Å². The van der Waals surface area contributed by atoms with Gasteiger partial charge in [-0.3, -0.25) is 4.79 Å². The fourth-order valence-electron chi connectivity index (χ4n) is 3.10. The fourth-order valence-corrected chi connectivity index (χ4v) is 4.95. The van der Waals surface area contributed by atoms with Gasteiger partial charge in [0.25, 0.3) is 5.56 Å². The van der Waals surface area contributed by atoms with Gasteiger partial charge in [0, 0.05) is 16.8 Å². The predicted octanol–water partition coefficient (Wildman–Crippen LogP) is 4.12. The van der Waals surface area contributed by atoms with Crippen molar-refractivity contribution in [3.05, 3.63) is 86.4 Å². The molecule has 33 heavy (non-hydrogen) atoms. The topological polar surface area (TPSA) is 111 Å². The molecule has 0 spiro atoms. The average Bonchev–Trinajstić information content (AvgIpc) is 3.25. The molecule has 168 valence electrons. The standard InChI is InChI=1S/C23H19N3O5S2/c1-13-11-32-23(24-13)33-12-15-5-3-4-6-16(15)22(29)31-10-19-25-18-9-14(21(28)30-2)7-8-17(18)20(27)26-19/h3-9,11H,10,12H2,1-2H3,(H,25,26,27). The molecule has 2 aromatic heterocycles. The SMILES string of the molecule is COC(=O)c1ccc2c(=O)[nH]c(COC(=O)c3ccccc3CSc3nc(C)cs3)nc2c1. The van der Waals surface area contributed by atoms with E-state index in [1.807, 2.05) is 24.4 Å². The molecule has 4 rings (SSSR count). The Bertz CT molecular complexity index is 1400. The highest BCUT2D eigenvalue weighted by atomic mass is 32.2. The maximum absolute atomic E-state index is 12.8. The summed E-state index contributed by atoms with van der Waals surface area (Å²) in [6.07, 6.45) is 0. The van der Waals surface area contributed by atoms with Crippen LogP contribution >= 0.6 is 23.1 Å². The number of nitrogens with one attached hydrogen (secondary N) is 1. The average molecular weight is 482 g/mol. The largest absolute Gasteiger partial charge is 0.465 e. The van der Waals surface area contributed by atoms with E-state index < -0.39 is 17.5 Å². The number of carbonyl (C=O) groups excluding carboxylic acids is 2. The molecule has 10 heteroatoms. The monoisotopic (exact) mass is 481 g/mol. The summed E-state index contributed by atoms with van der Waals surface area (Å²) < 4.78 is 11.1. The fraction of sp³-hybridized carbons (Fsp3) is 0.174. The van der Waals surface area contributed by atoms with Gasteiger partial charge in [0.2, 0.25) is 0 Å². The van der Waals surface area contributed by atoms with Gasteiger partial charge in [-0.1, -0.05) is 30.0 Å². The summed E-state index contributed by atoms with van der Waals surface area (Å²) in [7, 11) is 1.27. The van der Waals surface area contributed by atoms with Crippen molar-refractivity contribution in [2.24, 2.45) is 0 Å². The quantitative estimate of drug-likeness (QED) is 0.310. The second kappa shape index (κ2) is 9.97. The third-order valence-electron chi connectivity index (χ3n) is 4.70. The summed E-state index contributed by atoms with van der Waals surface area (Å²) in [5.41, 5.74) is 2.41. The molecule has 0 fully saturated rings. The first-order valence-corrected chi connectivity index (χ1v) is 11.7. The number of carbonyl (C=O) groups is 2. The van der Waals surface area contributed by atoms with Crippen LogP contribution in [0.2, 0.25) is 0 Å². The van der Waals surface area contributed by atoms with E-state index in [1.165, 1.54) is 25.3 Å². The van der Waals surface area contributed by atoms with Gasteiger partial charge in [-0.25, -0.2) is 19.6 Å². The molecule has 0 saturated heterocycles. The first-order valence-electron chi connectivity index (χ1n) is 9.86. The van der Waals surface area contributed by atoms with Crippen molar-refractivity contribution < 1.29 is 19.1 Å². The van der Waals surface area contributed by atoms with Gasteiger partial charge in [-0.15, -0.1) is 11.3 Å². The van der Waals surface area contributed by atoms with E-state index in [0.717, 1.165) is 15.6 Å². The lowest BCUT2D eigenvalue weighted by Gasteiger charge is -2.09. The zero-order valence-corrected chi connectivity index (χ0v) is 19.4. The van der Waals surface area contributed by atoms with Crippen molar-refractivity contribution in [1.29, 1.82) is 0 Å². The Morgan fingerprint density at radius 2 is 1.94 bits per heavy atom. The van der Waals surface area contributed by atoms with Gasteiger partial charge in [0.15, 0.2) is 0 Å². The second-order valence-electron chi connectivity index (χ2n) is 7.01. The number of fused-ring (bicyclic) bond motifs is 1. The molecule has 2 heterocycles. The number of methoxy groups -OCH3 is 1. The molecule has 2 aromatic carbocycles. The van der Waals surface area contributed by atoms with Crippen LogP contribution in [-0.2, 0) is 21.8 Å². The third kappa shape index (κ3) is 5.29. The molecule has 0 aliphatic heterocycles. The Balaban J connectivity index is 1.49. The van der Waals surface area contributed by atoms with E-state index in [1.54, 1.807) is 35.2 Å². The van der Waals surface area contributed by atoms with Gasteiger partial charge in [-0.2, -0.15) is 0 Å². The smallest absolute Gasteiger partial charge is 0.338 e. The number of ether oxygens (including phenoxy) is 2. The number of aromatic nitrogens is 3. The van der Waals surface area contributed by atoms with Crippen LogP contribution in [0.25, 0.3) is 10.9 Å². The van der Waals surface area contributed by atoms with Crippen molar-refractivity contribution in [1.82, 2.24) is 15.0 Å². The predicted molar refractivity (Wildman–Crippen MR) is 126 cm³/mol. The number of esters is 2. The van der Waals surface area contributed by atoms with E-state index in [4.69, 9.17) is 9.47 Å². The van der Waals surface area contributed by atoms with Gasteiger partial charge in [0.1, 0.15) is 16.8 Å². The Kier molecular flexibility index (Phi) is 6.85. The van der Waals surface area contributed by atoms with Crippen molar-refractivity contribution in [3.8, 4) is 0 Å². The third-order valence-corrected chi connectivity index (χ3v) is 6.89. The zero-order chi connectivity index (χ0) is 23.4. The number of nitrogens with zero attached hydrogens (tertiary/aromatic N) is 2. The summed E-state index contributed by atoms with van der Waals surface area (Å²) in [6, 6.07) is 11.7. The van der Waals surface area contributed by atoms with E-state index in [2.05, 4.69) is 15.0 Å². The molecule has 1 N–H and O–H groups in total. The van der Waals surface area contributed by atoms with Crippen LogP contribution in [0.3, 0.4) is 0 Å². The minimum atomic E-state index is -0.533. The minimum absolute atomic E-state index is 0.174. The van der Waals surface area contributed by atoms with Crippen LogP contribution in [0.5, 0.6) is 0 Å². The minimum Gasteiger partial charge on any atom is -0.465 e. The van der Waals surface area contributed by atoms with Crippen molar-refractivity contribution in [3.63, 3.8) is 0 Å². The Hall–Kier alpha value is -3.50. The molecule has 0 aliphatic rings. The Morgan fingerprint density at radius 1 is 1.12 bits per heavy atom. The van der Waals surface area contributed by atoms with Crippen molar-refractivity contribution >= 4 is 45.9 Å². The molecule has 0 unspecified atom stereocenters. The molecular formula is C23H19N3O5S2. The number of benzene rings is 2. The van der Waals surface area contributed by atoms with Crippen LogP contribution in [0.15, 0.2) is 57.0 Å². The Morgan fingerprint density at radius 3 is 2.70 bits per heavy atom. The summed E-state index contributed by atoms with van der Waals surface area (Å²) in [5.74, 6) is -0.311. The van der Waals surface area contributed by atoms with Crippen LogP contribution in [0, 0.1) is 6.92 Å². The number of H-pyrrole nitrogens is 1. The van der Waals surface area contributed by atoms with Gasteiger partial charge in [-0.05, 0) is 36.8 Å². The number of aryl methyl sites for hydroxylation is 1. The molecule has 8 nitrogen and oxygen atoms in total. The number of hydrogen-bond acceptors (Lipinski definition) is 9. The summed E-state index contributed by atoms with van der Waals surface area (Å²) in [5, 5.41) is 2.30. The number of rotatable bonds is 7. The Labute approximate surface area is 197 Å². The molecular weight excluding hydrogens is 462 g/mol. The second-order valence-corrected chi connectivity index (χ2v) is 9.09. The lowest BCUT2D eigenvalue weighted by molar-refractivity contribution is 0.0461. The van der Waals surface area contributed by atoms with E-state index in [-0.39, 0.29) is 18.0 Å². The number of thiazole rings is 1. The highest BCUT2D eigenvalue weighted by Gasteiger charge is 2.15. The maximum Gasteiger partial charge on any atom is 0.338 e.